The number of carbonyl (C=O) groups is 1. The van der Waals surface area contributed by atoms with Crippen LogP contribution in [0.5, 0.6) is 0 Å². The second-order valence-corrected chi connectivity index (χ2v) is 4.86. The smallest absolute Gasteiger partial charge is 0.223 e. The highest BCUT2D eigenvalue weighted by molar-refractivity contribution is 5.76. The van der Waals surface area contributed by atoms with E-state index in [4.69, 9.17) is 0 Å². The van der Waals surface area contributed by atoms with Crippen LogP contribution < -0.4 is 5.32 Å². The van der Waals surface area contributed by atoms with Gasteiger partial charge in [0.25, 0.3) is 0 Å². The average molecular weight is 247 g/mol. The summed E-state index contributed by atoms with van der Waals surface area (Å²) in [5.74, 6) is 0.207. The monoisotopic (exact) mass is 247 g/mol. The van der Waals surface area contributed by atoms with Gasteiger partial charge in [-0.3, -0.25) is 9.78 Å². The lowest BCUT2D eigenvalue weighted by molar-refractivity contribution is -0.129. The number of likely N-dealkylation sites (N-methyl/N-ethyl adjacent to an activating group) is 1. The van der Waals surface area contributed by atoms with Crippen molar-refractivity contribution in [2.45, 2.75) is 31.7 Å². The van der Waals surface area contributed by atoms with Gasteiger partial charge in [0.15, 0.2) is 0 Å². The summed E-state index contributed by atoms with van der Waals surface area (Å²) >= 11 is 0. The first-order valence-electron chi connectivity index (χ1n) is 6.63. The molecule has 0 spiro atoms. The quantitative estimate of drug-likeness (QED) is 0.788. The van der Waals surface area contributed by atoms with Crippen molar-refractivity contribution in [3.8, 4) is 0 Å². The third-order valence-corrected chi connectivity index (χ3v) is 3.20. The van der Waals surface area contributed by atoms with Crippen LogP contribution in [0.2, 0.25) is 0 Å². The Morgan fingerprint density at radius 2 is 2.33 bits per heavy atom. The lowest BCUT2D eigenvalue weighted by atomic mass is 10.2. The van der Waals surface area contributed by atoms with Crippen LogP contribution in [-0.2, 0) is 11.2 Å². The van der Waals surface area contributed by atoms with Crippen LogP contribution in [-0.4, -0.2) is 42.0 Å². The highest BCUT2D eigenvalue weighted by Gasteiger charge is 2.20. The van der Waals surface area contributed by atoms with Gasteiger partial charge in [-0.25, -0.2) is 0 Å². The largest absolute Gasteiger partial charge is 0.345 e. The van der Waals surface area contributed by atoms with Crippen LogP contribution in [0.3, 0.4) is 0 Å². The van der Waals surface area contributed by atoms with Crippen LogP contribution in [0.15, 0.2) is 24.4 Å². The molecule has 2 rings (SSSR count). The van der Waals surface area contributed by atoms with Gasteiger partial charge in [0, 0.05) is 50.9 Å². The van der Waals surface area contributed by atoms with Gasteiger partial charge in [-0.1, -0.05) is 6.07 Å². The molecule has 1 saturated carbocycles. The van der Waals surface area contributed by atoms with Crippen molar-refractivity contribution in [1.82, 2.24) is 15.2 Å². The van der Waals surface area contributed by atoms with Crippen molar-refractivity contribution in [3.63, 3.8) is 0 Å². The summed E-state index contributed by atoms with van der Waals surface area (Å²) in [5, 5.41) is 3.36. The second kappa shape index (κ2) is 6.50. The van der Waals surface area contributed by atoms with Crippen LogP contribution in [0.1, 0.15) is 25.0 Å². The number of hydrogen-bond acceptors (Lipinski definition) is 3. The van der Waals surface area contributed by atoms with E-state index in [-0.39, 0.29) is 5.91 Å². The van der Waals surface area contributed by atoms with E-state index in [2.05, 4.69) is 10.3 Å². The normalized spacial score (nSPS) is 14.5. The Balaban J connectivity index is 1.63. The molecule has 1 amide bonds. The number of nitrogens with one attached hydrogen (secondary N) is 1. The number of hydrogen-bond donors (Lipinski definition) is 1. The summed E-state index contributed by atoms with van der Waals surface area (Å²) in [7, 11) is 1.86. The Labute approximate surface area is 108 Å². The molecular formula is C14H21N3O. The molecule has 18 heavy (non-hydrogen) atoms. The summed E-state index contributed by atoms with van der Waals surface area (Å²) in [6, 6.07) is 6.55. The average Bonchev–Trinajstić information content (AvgIpc) is 3.21. The first-order valence-corrected chi connectivity index (χ1v) is 6.63. The van der Waals surface area contributed by atoms with Crippen molar-refractivity contribution in [2.24, 2.45) is 0 Å². The maximum absolute atomic E-state index is 11.8. The van der Waals surface area contributed by atoms with E-state index in [1.807, 2.05) is 25.2 Å². The molecule has 98 valence electrons. The Morgan fingerprint density at radius 1 is 1.50 bits per heavy atom. The standard InChI is InChI=1S/C14H21N3O/c1-17(11-8-12-4-2-3-9-15-12)14(18)7-10-16-13-5-6-13/h2-4,9,13,16H,5-8,10-11H2,1H3. The second-order valence-electron chi connectivity index (χ2n) is 4.86. The number of pyridine rings is 1. The molecule has 1 N–H and O–H groups in total. The first kappa shape index (κ1) is 13.0. The predicted octanol–water partition coefficient (Wildman–Crippen LogP) is 1.22. The maximum Gasteiger partial charge on any atom is 0.223 e. The minimum Gasteiger partial charge on any atom is -0.345 e. The van der Waals surface area contributed by atoms with Crippen molar-refractivity contribution in [2.75, 3.05) is 20.1 Å². The van der Waals surface area contributed by atoms with Gasteiger partial charge in [0.1, 0.15) is 0 Å². The van der Waals surface area contributed by atoms with E-state index in [0.29, 0.717) is 12.5 Å². The molecule has 1 aliphatic rings. The number of rotatable bonds is 7. The SMILES string of the molecule is CN(CCc1ccccn1)C(=O)CCNC1CC1. The van der Waals surface area contributed by atoms with Gasteiger partial charge in [0.05, 0.1) is 0 Å². The van der Waals surface area contributed by atoms with Gasteiger partial charge in [0.2, 0.25) is 5.91 Å². The highest BCUT2D eigenvalue weighted by Crippen LogP contribution is 2.18. The third kappa shape index (κ3) is 4.45. The molecule has 0 aromatic carbocycles. The van der Waals surface area contributed by atoms with Crippen LogP contribution >= 0.6 is 0 Å². The fourth-order valence-corrected chi connectivity index (χ4v) is 1.81. The zero-order valence-electron chi connectivity index (χ0n) is 10.9. The van der Waals surface area contributed by atoms with E-state index >= 15 is 0 Å². The predicted molar refractivity (Wildman–Crippen MR) is 71.2 cm³/mol. The summed E-state index contributed by atoms with van der Waals surface area (Å²) in [6.45, 7) is 1.54. The molecule has 1 aromatic rings. The third-order valence-electron chi connectivity index (χ3n) is 3.20. The minimum absolute atomic E-state index is 0.207. The van der Waals surface area contributed by atoms with E-state index in [1.54, 1.807) is 11.1 Å². The summed E-state index contributed by atoms with van der Waals surface area (Å²) in [5.41, 5.74) is 1.04. The van der Waals surface area contributed by atoms with Crippen molar-refractivity contribution in [3.05, 3.63) is 30.1 Å². The van der Waals surface area contributed by atoms with Gasteiger partial charge < -0.3 is 10.2 Å². The van der Waals surface area contributed by atoms with E-state index in [0.717, 1.165) is 25.2 Å². The molecular weight excluding hydrogens is 226 g/mol. The Morgan fingerprint density at radius 3 is 3.00 bits per heavy atom. The van der Waals surface area contributed by atoms with Crippen molar-refractivity contribution >= 4 is 5.91 Å². The number of aromatic nitrogens is 1. The number of nitrogens with zero attached hydrogens (tertiary/aromatic N) is 2. The number of amides is 1. The molecule has 0 aliphatic heterocycles. The van der Waals surface area contributed by atoms with Crippen LogP contribution in [0, 0.1) is 0 Å². The lowest BCUT2D eigenvalue weighted by Gasteiger charge is -2.17. The van der Waals surface area contributed by atoms with E-state index < -0.39 is 0 Å². The van der Waals surface area contributed by atoms with Crippen molar-refractivity contribution in [1.29, 1.82) is 0 Å². The lowest BCUT2D eigenvalue weighted by Crippen LogP contribution is -2.32. The summed E-state index contributed by atoms with van der Waals surface area (Å²) < 4.78 is 0. The van der Waals surface area contributed by atoms with Gasteiger partial charge in [-0.15, -0.1) is 0 Å². The topological polar surface area (TPSA) is 45.2 Å². The van der Waals surface area contributed by atoms with Gasteiger partial charge >= 0.3 is 0 Å². The fourth-order valence-electron chi connectivity index (χ4n) is 1.81. The van der Waals surface area contributed by atoms with Gasteiger partial charge in [-0.2, -0.15) is 0 Å². The molecule has 0 saturated heterocycles. The molecule has 1 aliphatic carbocycles. The molecule has 1 heterocycles. The Kier molecular flexibility index (Phi) is 4.70. The zero-order chi connectivity index (χ0) is 12.8. The molecule has 0 radical (unpaired) electrons. The molecule has 0 atom stereocenters. The minimum atomic E-state index is 0.207. The molecule has 4 heteroatoms. The van der Waals surface area contributed by atoms with E-state index in [9.17, 15) is 4.79 Å². The Hall–Kier alpha value is -1.42. The summed E-state index contributed by atoms with van der Waals surface area (Å²) in [4.78, 5) is 17.9. The van der Waals surface area contributed by atoms with E-state index in [1.165, 1.54) is 12.8 Å². The molecule has 4 nitrogen and oxygen atoms in total. The number of carbonyl (C=O) groups excluding carboxylic acids is 1. The fraction of sp³-hybridized carbons (Fsp3) is 0.571. The summed E-state index contributed by atoms with van der Waals surface area (Å²) in [6.07, 6.45) is 5.73. The van der Waals surface area contributed by atoms with Crippen molar-refractivity contribution < 1.29 is 4.79 Å². The Bertz CT molecular complexity index is 376. The highest BCUT2D eigenvalue weighted by atomic mass is 16.2. The first-order chi connectivity index (χ1) is 8.75. The molecule has 1 fully saturated rings. The maximum atomic E-state index is 11.8. The molecule has 0 bridgehead atoms. The molecule has 1 aromatic heterocycles. The zero-order valence-corrected chi connectivity index (χ0v) is 10.9. The van der Waals surface area contributed by atoms with Crippen LogP contribution in [0.4, 0.5) is 0 Å². The van der Waals surface area contributed by atoms with Gasteiger partial charge in [-0.05, 0) is 25.0 Å². The molecule has 0 unspecified atom stereocenters. The van der Waals surface area contributed by atoms with Crippen LogP contribution in [0.25, 0.3) is 0 Å².